The molecule has 2 aromatic carbocycles. The molecule has 1 nitrogen and oxygen atoms in total. The minimum absolute atomic E-state index is 0.0867. The lowest BCUT2D eigenvalue weighted by atomic mass is 10.1. The van der Waals surface area contributed by atoms with Crippen molar-refractivity contribution in [2.24, 2.45) is 0 Å². The Balaban J connectivity index is 2.37. The van der Waals surface area contributed by atoms with Crippen molar-refractivity contribution in [1.82, 2.24) is 0 Å². The Kier molecular flexibility index (Phi) is 3.97. The summed E-state index contributed by atoms with van der Waals surface area (Å²) in [5.41, 5.74) is 0.387. The van der Waals surface area contributed by atoms with Crippen LogP contribution in [0.3, 0.4) is 0 Å². The van der Waals surface area contributed by atoms with Gasteiger partial charge in [-0.1, -0.05) is 36.4 Å². The molecule has 106 valence electrons. The maximum absolute atomic E-state index is 13.4. The van der Waals surface area contributed by atoms with Crippen LogP contribution in [0.1, 0.15) is 17.2 Å². The van der Waals surface area contributed by atoms with Gasteiger partial charge in [0.1, 0.15) is 11.9 Å². The molecule has 1 unspecified atom stereocenters. The minimum Gasteiger partial charge on any atom is -0.370 e. The summed E-state index contributed by atoms with van der Waals surface area (Å²) in [6.07, 6.45) is -4.47. The molecule has 0 aliphatic heterocycles. The Bertz CT molecular complexity index is 578. The fourth-order valence-corrected chi connectivity index (χ4v) is 1.92. The van der Waals surface area contributed by atoms with Crippen LogP contribution < -0.4 is 5.32 Å². The normalized spacial score (nSPS) is 13.1. The second-order valence-corrected chi connectivity index (χ2v) is 4.44. The summed E-state index contributed by atoms with van der Waals surface area (Å²) in [4.78, 5) is 0. The molecule has 0 heterocycles. The van der Waals surface area contributed by atoms with Gasteiger partial charge in [0.25, 0.3) is 0 Å². The maximum Gasteiger partial charge on any atom is 0.412 e. The quantitative estimate of drug-likeness (QED) is 0.794. The van der Waals surface area contributed by atoms with Gasteiger partial charge in [0.2, 0.25) is 0 Å². The van der Waals surface area contributed by atoms with Gasteiger partial charge in [0, 0.05) is 11.3 Å². The van der Waals surface area contributed by atoms with Gasteiger partial charge in [0.05, 0.1) is 0 Å². The van der Waals surface area contributed by atoms with Crippen LogP contribution in [-0.4, -0.2) is 6.18 Å². The van der Waals surface area contributed by atoms with Gasteiger partial charge in [-0.2, -0.15) is 13.2 Å². The third kappa shape index (κ3) is 3.10. The fraction of sp³-hybridized carbons (Fsp3) is 0.200. The zero-order chi connectivity index (χ0) is 14.8. The van der Waals surface area contributed by atoms with Gasteiger partial charge in [0.15, 0.2) is 0 Å². The first-order valence-corrected chi connectivity index (χ1v) is 6.03. The number of anilines is 1. The molecule has 2 rings (SSSR count). The molecule has 0 saturated carbocycles. The minimum atomic E-state index is -4.47. The van der Waals surface area contributed by atoms with E-state index in [0.29, 0.717) is 0 Å². The average Bonchev–Trinajstić information content (AvgIpc) is 2.40. The summed E-state index contributed by atoms with van der Waals surface area (Å²) in [5.74, 6) is -0.538. The molecule has 0 amide bonds. The fourth-order valence-electron chi connectivity index (χ4n) is 1.92. The predicted octanol–water partition coefficient (Wildman–Crippen LogP) is 4.85. The van der Waals surface area contributed by atoms with E-state index in [1.807, 2.05) is 0 Å². The Morgan fingerprint density at radius 1 is 0.950 bits per heavy atom. The third-order valence-electron chi connectivity index (χ3n) is 3.03. The number of nitrogens with one attached hydrogen (secondary N) is 1. The Hall–Kier alpha value is -2.04. The second kappa shape index (κ2) is 5.53. The van der Waals surface area contributed by atoms with Crippen molar-refractivity contribution in [3.8, 4) is 0 Å². The molecule has 1 atom stereocenters. The average molecular weight is 283 g/mol. The lowest BCUT2D eigenvalue weighted by Gasteiger charge is -2.24. The molecule has 0 bridgehead atoms. The van der Waals surface area contributed by atoms with E-state index in [1.54, 1.807) is 6.07 Å². The SMILES string of the molecule is Cc1c(F)cccc1NC(c1ccccc1)C(F)(F)F. The van der Waals surface area contributed by atoms with Gasteiger partial charge in [-0.25, -0.2) is 4.39 Å². The van der Waals surface area contributed by atoms with Gasteiger partial charge in [-0.3, -0.25) is 0 Å². The van der Waals surface area contributed by atoms with Crippen LogP contribution in [0, 0.1) is 12.7 Å². The first kappa shape index (κ1) is 14.4. The zero-order valence-corrected chi connectivity index (χ0v) is 10.7. The molecule has 0 aliphatic carbocycles. The summed E-state index contributed by atoms with van der Waals surface area (Å²) in [6.45, 7) is 1.44. The number of rotatable bonds is 3. The topological polar surface area (TPSA) is 12.0 Å². The highest BCUT2D eigenvalue weighted by Crippen LogP contribution is 2.36. The maximum atomic E-state index is 13.4. The Labute approximate surface area is 114 Å². The van der Waals surface area contributed by atoms with E-state index in [1.165, 1.54) is 49.4 Å². The lowest BCUT2D eigenvalue weighted by Crippen LogP contribution is -2.28. The standard InChI is InChI=1S/C15H13F4N/c1-10-12(16)8-5-9-13(10)20-14(15(17,18)19)11-6-3-2-4-7-11/h2-9,14,20H,1H3. The smallest absolute Gasteiger partial charge is 0.370 e. The van der Waals surface area contributed by atoms with Crippen molar-refractivity contribution in [1.29, 1.82) is 0 Å². The molecule has 5 heteroatoms. The number of benzene rings is 2. The van der Waals surface area contributed by atoms with E-state index < -0.39 is 18.0 Å². The summed E-state index contributed by atoms with van der Waals surface area (Å²) >= 11 is 0. The first-order chi connectivity index (χ1) is 9.39. The van der Waals surface area contributed by atoms with Gasteiger partial charge < -0.3 is 5.32 Å². The number of halogens is 4. The zero-order valence-electron chi connectivity index (χ0n) is 10.7. The molecule has 0 radical (unpaired) electrons. The summed E-state index contributed by atoms with van der Waals surface area (Å²) in [5, 5.41) is 2.38. The number of alkyl halides is 3. The third-order valence-corrected chi connectivity index (χ3v) is 3.03. The molecule has 1 N–H and O–H groups in total. The monoisotopic (exact) mass is 283 g/mol. The van der Waals surface area contributed by atoms with E-state index in [9.17, 15) is 17.6 Å². The van der Waals surface area contributed by atoms with E-state index in [-0.39, 0.29) is 16.8 Å². The van der Waals surface area contributed by atoms with Gasteiger partial charge >= 0.3 is 6.18 Å². The van der Waals surface area contributed by atoms with Crippen LogP contribution >= 0.6 is 0 Å². The van der Waals surface area contributed by atoms with E-state index in [0.717, 1.165) is 0 Å². The van der Waals surface area contributed by atoms with Crippen molar-refractivity contribution in [3.05, 3.63) is 65.5 Å². The molecular weight excluding hydrogens is 270 g/mol. The molecule has 0 aliphatic rings. The predicted molar refractivity (Wildman–Crippen MR) is 70.0 cm³/mol. The Morgan fingerprint density at radius 3 is 2.20 bits per heavy atom. The van der Waals surface area contributed by atoms with Crippen LogP contribution in [0.5, 0.6) is 0 Å². The van der Waals surface area contributed by atoms with Crippen molar-refractivity contribution >= 4 is 5.69 Å². The van der Waals surface area contributed by atoms with Crippen LogP contribution in [0.2, 0.25) is 0 Å². The highest BCUT2D eigenvalue weighted by Gasteiger charge is 2.41. The molecule has 2 aromatic rings. The van der Waals surface area contributed by atoms with Crippen molar-refractivity contribution in [2.75, 3.05) is 5.32 Å². The van der Waals surface area contributed by atoms with Crippen molar-refractivity contribution in [2.45, 2.75) is 19.1 Å². The molecule has 0 fully saturated rings. The van der Waals surface area contributed by atoms with Crippen LogP contribution in [0.4, 0.5) is 23.2 Å². The number of hydrogen-bond donors (Lipinski definition) is 1. The molecule has 0 aromatic heterocycles. The summed E-state index contributed by atoms with van der Waals surface area (Å²) < 4.78 is 52.9. The second-order valence-electron chi connectivity index (χ2n) is 4.44. The van der Waals surface area contributed by atoms with Gasteiger partial charge in [-0.15, -0.1) is 0 Å². The highest BCUT2D eigenvalue weighted by atomic mass is 19.4. The lowest BCUT2D eigenvalue weighted by molar-refractivity contribution is -0.144. The molecule has 0 spiro atoms. The van der Waals surface area contributed by atoms with E-state index in [4.69, 9.17) is 0 Å². The van der Waals surface area contributed by atoms with Crippen LogP contribution in [0.25, 0.3) is 0 Å². The summed E-state index contributed by atoms with van der Waals surface area (Å²) in [7, 11) is 0. The largest absolute Gasteiger partial charge is 0.412 e. The number of hydrogen-bond acceptors (Lipinski definition) is 1. The first-order valence-electron chi connectivity index (χ1n) is 6.03. The molecular formula is C15H13F4N. The van der Waals surface area contributed by atoms with Crippen LogP contribution in [0.15, 0.2) is 48.5 Å². The van der Waals surface area contributed by atoms with Gasteiger partial charge in [-0.05, 0) is 24.6 Å². The van der Waals surface area contributed by atoms with Crippen LogP contribution in [-0.2, 0) is 0 Å². The van der Waals surface area contributed by atoms with E-state index >= 15 is 0 Å². The molecule has 20 heavy (non-hydrogen) atoms. The van der Waals surface area contributed by atoms with Crippen molar-refractivity contribution < 1.29 is 17.6 Å². The molecule has 0 saturated heterocycles. The highest BCUT2D eigenvalue weighted by molar-refractivity contribution is 5.53. The Morgan fingerprint density at radius 2 is 1.60 bits per heavy atom. The summed E-state index contributed by atoms with van der Waals surface area (Å²) in [6, 6.07) is 9.64. The van der Waals surface area contributed by atoms with Crippen molar-refractivity contribution in [3.63, 3.8) is 0 Å². The van der Waals surface area contributed by atoms with E-state index in [2.05, 4.69) is 5.32 Å².